The number of amides is 1. The molecule has 0 radical (unpaired) electrons. The van der Waals surface area contributed by atoms with Gasteiger partial charge >= 0.3 is 0 Å². The lowest BCUT2D eigenvalue weighted by atomic mass is 9.84. The SMILES string of the molecule is CCC1CCC(N(C)CC(=O)N2CCC(=O)CC2)CC1. The van der Waals surface area contributed by atoms with Gasteiger partial charge in [-0.1, -0.05) is 13.3 Å². The number of hydrogen-bond acceptors (Lipinski definition) is 3. The molecule has 0 aromatic heterocycles. The molecule has 1 aliphatic carbocycles. The molecule has 0 aromatic carbocycles. The molecule has 1 saturated heterocycles. The average Bonchev–Trinajstić information content (AvgIpc) is 2.48. The second kappa shape index (κ2) is 7.21. The summed E-state index contributed by atoms with van der Waals surface area (Å²) in [7, 11) is 2.07. The fourth-order valence-corrected chi connectivity index (χ4v) is 3.44. The highest BCUT2D eigenvalue weighted by atomic mass is 16.2. The smallest absolute Gasteiger partial charge is 0.236 e. The summed E-state index contributed by atoms with van der Waals surface area (Å²) in [6, 6.07) is 0.563. The zero-order valence-electron chi connectivity index (χ0n) is 12.9. The van der Waals surface area contributed by atoms with E-state index < -0.39 is 0 Å². The Labute approximate surface area is 122 Å². The third-order valence-electron chi connectivity index (χ3n) is 5.08. The van der Waals surface area contributed by atoms with Crippen molar-refractivity contribution >= 4 is 11.7 Å². The van der Waals surface area contributed by atoms with Gasteiger partial charge < -0.3 is 4.90 Å². The van der Waals surface area contributed by atoms with Crippen molar-refractivity contribution in [3.05, 3.63) is 0 Å². The lowest BCUT2D eigenvalue weighted by Gasteiger charge is -2.35. The molecule has 1 heterocycles. The number of carbonyl (C=O) groups excluding carboxylic acids is 2. The molecule has 0 aromatic rings. The molecule has 1 aliphatic heterocycles. The number of piperidine rings is 1. The molecule has 20 heavy (non-hydrogen) atoms. The number of Topliss-reactive ketones (excluding diaryl/α,β-unsaturated/α-hetero) is 1. The van der Waals surface area contributed by atoms with Gasteiger partial charge in [0.15, 0.2) is 0 Å². The molecule has 2 rings (SSSR count). The van der Waals surface area contributed by atoms with E-state index in [4.69, 9.17) is 0 Å². The van der Waals surface area contributed by atoms with E-state index in [1.54, 1.807) is 0 Å². The van der Waals surface area contributed by atoms with Gasteiger partial charge in [-0.3, -0.25) is 14.5 Å². The van der Waals surface area contributed by atoms with Crippen LogP contribution < -0.4 is 0 Å². The van der Waals surface area contributed by atoms with Gasteiger partial charge in [-0.05, 0) is 38.6 Å². The molecule has 0 N–H and O–H groups in total. The van der Waals surface area contributed by atoms with Gasteiger partial charge in [-0.25, -0.2) is 0 Å². The molecule has 0 unspecified atom stereocenters. The van der Waals surface area contributed by atoms with Crippen molar-refractivity contribution in [2.24, 2.45) is 5.92 Å². The van der Waals surface area contributed by atoms with Crippen molar-refractivity contribution in [1.29, 1.82) is 0 Å². The molecule has 4 nitrogen and oxygen atoms in total. The van der Waals surface area contributed by atoms with Gasteiger partial charge in [-0.2, -0.15) is 0 Å². The van der Waals surface area contributed by atoms with Crippen LogP contribution in [0.3, 0.4) is 0 Å². The highest BCUT2D eigenvalue weighted by Crippen LogP contribution is 2.28. The first-order valence-electron chi connectivity index (χ1n) is 8.09. The molecule has 2 aliphatic rings. The predicted octanol–water partition coefficient (Wildman–Crippen LogP) is 2.08. The van der Waals surface area contributed by atoms with E-state index in [-0.39, 0.29) is 5.91 Å². The Morgan fingerprint density at radius 1 is 1.20 bits per heavy atom. The van der Waals surface area contributed by atoms with Crippen LogP contribution in [0.4, 0.5) is 0 Å². The van der Waals surface area contributed by atoms with Crippen molar-refractivity contribution in [3.8, 4) is 0 Å². The minimum absolute atomic E-state index is 0.192. The summed E-state index contributed by atoms with van der Waals surface area (Å²) in [6.45, 7) is 4.02. The number of likely N-dealkylation sites (tertiary alicyclic amines) is 1. The number of likely N-dealkylation sites (N-methyl/N-ethyl adjacent to an activating group) is 1. The number of carbonyl (C=O) groups is 2. The molecule has 0 bridgehead atoms. The topological polar surface area (TPSA) is 40.6 Å². The first-order valence-corrected chi connectivity index (χ1v) is 8.09. The molecule has 1 amide bonds. The van der Waals surface area contributed by atoms with Crippen molar-refractivity contribution < 1.29 is 9.59 Å². The van der Waals surface area contributed by atoms with Crippen LogP contribution in [0.5, 0.6) is 0 Å². The van der Waals surface area contributed by atoms with Gasteiger partial charge in [0, 0.05) is 32.0 Å². The summed E-state index contributed by atoms with van der Waals surface area (Å²) in [5, 5.41) is 0. The molecule has 0 spiro atoms. The van der Waals surface area contributed by atoms with Crippen LogP contribution in [-0.4, -0.2) is 54.2 Å². The largest absolute Gasteiger partial charge is 0.341 e. The molecule has 2 fully saturated rings. The molecular weight excluding hydrogens is 252 g/mol. The van der Waals surface area contributed by atoms with Gasteiger partial charge in [-0.15, -0.1) is 0 Å². The zero-order valence-corrected chi connectivity index (χ0v) is 12.9. The van der Waals surface area contributed by atoms with Crippen LogP contribution in [0, 0.1) is 5.92 Å². The maximum atomic E-state index is 12.3. The van der Waals surface area contributed by atoms with E-state index >= 15 is 0 Å². The van der Waals surface area contributed by atoms with Crippen LogP contribution in [-0.2, 0) is 9.59 Å². The highest BCUT2D eigenvalue weighted by Gasteiger charge is 2.26. The summed E-state index contributed by atoms with van der Waals surface area (Å²) < 4.78 is 0. The van der Waals surface area contributed by atoms with Crippen molar-refractivity contribution in [3.63, 3.8) is 0 Å². The Hall–Kier alpha value is -0.900. The molecule has 4 heteroatoms. The van der Waals surface area contributed by atoms with E-state index in [1.165, 1.54) is 32.1 Å². The van der Waals surface area contributed by atoms with Crippen LogP contribution in [0.1, 0.15) is 51.9 Å². The minimum Gasteiger partial charge on any atom is -0.341 e. The van der Waals surface area contributed by atoms with E-state index in [9.17, 15) is 9.59 Å². The Morgan fingerprint density at radius 2 is 1.80 bits per heavy atom. The molecule has 114 valence electrons. The average molecular weight is 280 g/mol. The van der Waals surface area contributed by atoms with Gasteiger partial charge in [0.1, 0.15) is 5.78 Å². The number of hydrogen-bond donors (Lipinski definition) is 0. The summed E-state index contributed by atoms with van der Waals surface area (Å²) >= 11 is 0. The van der Waals surface area contributed by atoms with E-state index in [1.807, 2.05) is 4.90 Å². The highest BCUT2D eigenvalue weighted by molar-refractivity contribution is 5.84. The van der Waals surface area contributed by atoms with Crippen LogP contribution >= 0.6 is 0 Å². The Kier molecular flexibility index (Phi) is 5.58. The first kappa shape index (κ1) is 15.5. The summed E-state index contributed by atoms with van der Waals surface area (Å²) in [5.74, 6) is 1.38. The van der Waals surface area contributed by atoms with Crippen molar-refractivity contribution in [1.82, 2.24) is 9.80 Å². The maximum absolute atomic E-state index is 12.3. The summed E-state index contributed by atoms with van der Waals surface area (Å²) in [6.07, 6.45) is 7.42. The van der Waals surface area contributed by atoms with Crippen LogP contribution in [0.2, 0.25) is 0 Å². The van der Waals surface area contributed by atoms with Gasteiger partial charge in [0.2, 0.25) is 5.91 Å². The second-order valence-electron chi connectivity index (χ2n) is 6.42. The Balaban J connectivity index is 1.75. The standard InChI is InChI=1S/C16H28N2O2/c1-3-13-4-6-14(7-5-13)17(2)12-16(20)18-10-8-15(19)9-11-18/h13-14H,3-12H2,1-2H3. The van der Waals surface area contributed by atoms with E-state index in [0.717, 1.165) is 5.92 Å². The predicted molar refractivity (Wildman–Crippen MR) is 79.5 cm³/mol. The quantitative estimate of drug-likeness (QED) is 0.791. The van der Waals surface area contributed by atoms with Crippen molar-refractivity contribution in [2.75, 3.05) is 26.7 Å². The van der Waals surface area contributed by atoms with Crippen molar-refractivity contribution in [2.45, 2.75) is 57.9 Å². The number of nitrogens with zero attached hydrogens (tertiary/aromatic N) is 2. The fourth-order valence-electron chi connectivity index (χ4n) is 3.44. The zero-order chi connectivity index (χ0) is 14.5. The third-order valence-corrected chi connectivity index (χ3v) is 5.08. The van der Waals surface area contributed by atoms with Gasteiger partial charge in [0.05, 0.1) is 6.54 Å². The molecular formula is C16H28N2O2. The molecule has 0 atom stereocenters. The Morgan fingerprint density at radius 3 is 2.35 bits per heavy atom. The lowest BCUT2D eigenvalue weighted by molar-refractivity contribution is -0.135. The first-order chi connectivity index (χ1) is 9.60. The number of rotatable bonds is 4. The van der Waals surface area contributed by atoms with Crippen LogP contribution in [0.25, 0.3) is 0 Å². The van der Waals surface area contributed by atoms with Crippen LogP contribution in [0.15, 0.2) is 0 Å². The van der Waals surface area contributed by atoms with E-state index in [0.29, 0.717) is 44.3 Å². The summed E-state index contributed by atoms with van der Waals surface area (Å²) in [4.78, 5) is 27.5. The minimum atomic E-state index is 0.192. The number of ketones is 1. The monoisotopic (exact) mass is 280 g/mol. The molecule has 1 saturated carbocycles. The lowest BCUT2D eigenvalue weighted by Crippen LogP contribution is -2.46. The summed E-state index contributed by atoms with van der Waals surface area (Å²) in [5.41, 5.74) is 0. The fraction of sp³-hybridized carbons (Fsp3) is 0.875. The Bertz CT molecular complexity index is 338. The second-order valence-corrected chi connectivity index (χ2v) is 6.42. The van der Waals surface area contributed by atoms with Gasteiger partial charge in [0.25, 0.3) is 0 Å². The third kappa shape index (κ3) is 4.05. The normalized spacial score (nSPS) is 27.9. The van der Waals surface area contributed by atoms with E-state index in [2.05, 4.69) is 18.9 Å². The maximum Gasteiger partial charge on any atom is 0.236 e.